The normalized spacial score (nSPS) is 12.8. The fraction of sp³-hybridized carbons (Fsp3) is 0.194. The smallest absolute Gasteiger partial charge is 0.387 e. The number of aromatic nitrogens is 1. The first-order valence-corrected chi connectivity index (χ1v) is 20.4. The number of amides is 2. The zero-order chi connectivity index (χ0) is 39.1. The molecule has 53 heavy (non-hydrogen) atoms. The van der Waals surface area contributed by atoms with Crippen LogP contribution in [0.1, 0.15) is 32.7 Å². The zero-order valence-corrected chi connectivity index (χ0v) is 32.3. The standard InChI is InChI=1S/C22H18F3IN2O4S.C14H16N2O3S/c1-13-19(26)11-18(20(29)27-12-14-6-8-17(9-7-14)33(2,31)32)21(30)28(13)16-5-3-4-15(10-16)22(23,24)25;1-20(18,19)13-6-4-11(5-7-13)9-16-14(17)12-3-2-8-15-10-12/h3-11H,12H2,1-2H3,(H,27,29);2-8,15H,9-10H2,1H3,(H,16,17). The highest BCUT2D eigenvalue weighted by atomic mass is 127. The number of sulfone groups is 2. The number of rotatable bonds is 9. The molecule has 0 unspecified atom stereocenters. The molecule has 1 aromatic heterocycles. The van der Waals surface area contributed by atoms with E-state index in [1.165, 1.54) is 48.7 Å². The Morgan fingerprint density at radius 1 is 0.830 bits per heavy atom. The molecule has 1 aliphatic heterocycles. The molecule has 0 saturated carbocycles. The number of allylic oxidation sites excluding steroid dienone is 2. The van der Waals surface area contributed by atoms with Crippen LogP contribution in [0.15, 0.2) is 117 Å². The van der Waals surface area contributed by atoms with Crippen molar-refractivity contribution >= 4 is 54.1 Å². The topological polar surface area (TPSA) is 161 Å². The highest BCUT2D eigenvalue weighted by molar-refractivity contribution is 14.1. The van der Waals surface area contributed by atoms with Crippen LogP contribution < -0.4 is 21.5 Å². The van der Waals surface area contributed by atoms with E-state index in [2.05, 4.69) is 16.0 Å². The van der Waals surface area contributed by atoms with Crippen LogP contribution >= 0.6 is 22.6 Å². The minimum atomic E-state index is -4.58. The van der Waals surface area contributed by atoms with Crippen molar-refractivity contribution in [1.82, 2.24) is 20.5 Å². The predicted octanol–water partition coefficient (Wildman–Crippen LogP) is 4.85. The molecule has 0 radical (unpaired) electrons. The first-order chi connectivity index (χ1) is 24.8. The second kappa shape index (κ2) is 16.9. The summed E-state index contributed by atoms with van der Waals surface area (Å²) in [5.74, 6) is -0.833. The number of benzene rings is 3. The Balaban J connectivity index is 0.000000267. The van der Waals surface area contributed by atoms with E-state index >= 15 is 0 Å². The van der Waals surface area contributed by atoms with Gasteiger partial charge in [0, 0.05) is 52.7 Å². The Morgan fingerprint density at radius 3 is 1.83 bits per heavy atom. The van der Waals surface area contributed by atoms with E-state index in [0.29, 0.717) is 33.5 Å². The third-order valence-corrected chi connectivity index (χ3v) is 11.1. The first kappa shape index (κ1) is 41.0. The van der Waals surface area contributed by atoms with Gasteiger partial charge < -0.3 is 16.0 Å². The molecule has 0 bridgehead atoms. The molecule has 0 spiro atoms. The first-order valence-electron chi connectivity index (χ1n) is 15.6. The van der Waals surface area contributed by atoms with Crippen LogP contribution in [0, 0.1) is 10.5 Å². The van der Waals surface area contributed by atoms with E-state index in [1.54, 1.807) is 49.5 Å². The highest BCUT2D eigenvalue weighted by Gasteiger charge is 2.31. The molecule has 5 rings (SSSR count). The number of hydrogen-bond donors (Lipinski definition) is 3. The van der Waals surface area contributed by atoms with Crippen LogP contribution in [-0.4, -0.2) is 52.3 Å². The molecule has 0 saturated heterocycles. The fourth-order valence-corrected chi connectivity index (χ4v) is 6.68. The maximum Gasteiger partial charge on any atom is 0.416 e. The van der Waals surface area contributed by atoms with Crippen molar-refractivity contribution in [3.05, 3.63) is 145 Å². The van der Waals surface area contributed by atoms with Gasteiger partial charge in [-0.1, -0.05) is 36.4 Å². The number of halogens is 4. The second-order valence-electron chi connectivity index (χ2n) is 11.8. The van der Waals surface area contributed by atoms with Gasteiger partial charge in [0.25, 0.3) is 11.5 Å². The molecule has 3 N–H and O–H groups in total. The Labute approximate surface area is 318 Å². The lowest BCUT2D eigenvalue weighted by atomic mass is 10.1. The van der Waals surface area contributed by atoms with Crippen LogP contribution in [0.2, 0.25) is 0 Å². The molecule has 2 heterocycles. The van der Waals surface area contributed by atoms with Crippen LogP contribution in [0.5, 0.6) is 0 Å². The van der Waals surface area contributed by atoms with Crippen molar-refractivity contribution in [2.75, 3.05) is 19.1 Å². The summed E-state index contributed by atoms with van der Waals surface area (Å²) < 4.78 is 86.8. The number of carbonyl (C=O) groups is 2. The van der Waals surface area contributed by atoms with E-state index in [-0.39, 0.29) is 33.5 Å². The summed E-state index contributed by atoms with van der Waals surface area (Å²) in [5.41, 5.74) is 0.631. The van der Waals surface area contributed by atoms with Gasteiger partial charge in [0.2, 0.25) is 5.91 Å². The summed E-state index contributed by atoms with van der Waals surface area (Å²) in [4.78, 5) is 38.1. The highest BCUT2D eigenvalue weighted by Crippen LogP contribution is 2.30. The molecule has 0 fully saturated rings. The Kier molecular flexibility index (Phi) is 13.1. The lowest BCUT2D eigenvalue weighted by Gasteiger charge is -2.16. The number of carbonyl (C=O) groups excluding carboxylic acids is 2. The summed E-state index contributed by atoms with van der Waals surface area (Å²) in [6.45, 7) is 2.48. The number of hydrogen-bond acceptors (Lipinski definition) is 8. The molecule has 2 amide bonds. The van der Waals surface area contributed by atoms with Gasteiger partial charge in [-0.15, -0.1) is 0 Å². The fourth-order valence-electron chi connectivity index (χ4n) is 4.87. The molecule has 0 aliphatic carbocycles. The summed E-state index contributed by atoms with van der Waals surface area (Å²) in [6, 6.07) is 18.1. The third kappa shape index (κ3) is 11.1. The largest absolute Gasteiger partial charge is 0.416 e. The van der Waals surface area contributed by atoms with Gasteiger partial charge in [-0.3, -0.25) is 19.0 Å². The van der Waals surface area contributed by atoms with E-state index in [4.69, 9.17) is 0 Å². The Hall–Kier alpha value is -4.75. The van der Waals surface area contributed by atoms with Crippen molar-refractivity contribution in [1.29, 1.82) is 0 Å². The summed E-state index contributed by atoms with van der Waals surface area (Å²) >= 11 is 1.91. The average Bonchev–Trinajstić information content (AvgIpc) is 3.11. The van der Waals surface area contributed by atoms with Gasteiger partial charge in [0.05, 0.1) is 15.4 Å². The number of dihydropyridines is 1. The van der Waals surface area contributed by atoms with Gasteiger partial charge in [-0.05, 0) is 101 Å². The van der Waals surface area contributed by atoms with Crippen molar-refractivity contribution < 1.29 is 39.6 Å². The molecule has 1 aliphatic rings. The molecular formula is C36H34F3IN4O7S2. The number of pyridine rings is 1. The third-order valence-electron chi connectivity index (χ3n) is 7.77. The molecule has 280 valence electrons. The molecule has 4 aromatic rings. The lowest BCUT2D eigenvalue weighted by Crippen LogP contribution is -2.33. The summed E-state index contributed by atoms with van der Waals surface area (Å²) in [7, 11) is -6.53. The summed E-state index contributed by atoms with van der Waals surface area (Å²) in [6.07, 6.45) is 2.99. The quantitative estimate of drug-likeness (QED) is 0.201. The number of nitrogens with one attached hydrogen (secondary N) is 3. The minimum Gasteiger partial charge on any atom is -0.387 e. The second-order valence-corrected chi connectivity index (χ2v) is 17.0. The van der Waals surface area contributed by atoms with Gasteiger partial charge in [-0.25, -0.2) is 16.8 Å². The lowest BCUT2D eigenvalue weighted by molar-refractivity contribution is -0.137. The van der Waals surface area contributed by atoms with Crippen LogP contribution in [0.3, 0.4) is 0 Å². The van der Waals surface area contributed by atoms with Crippen LogP contribution in [-0.2, 0) is 43.7 Å². The molecule has 0 atom stereocenters. The maximum atomic E-state index is 13.1. The minimum absolute atomic E-state index is 0.00347. The number of nitrogens with zero attached hydrogens (tertiary/aromatic N) is 1. The molecular weight excluding hydrogens is 848 g/mol. The molecule has 3 aromatic carbocycles. The number of alkyl halides is 3. The van der Waals surface area contributed by atoms with E-state index in [1.807, 2.05) is 22.6 Å². The SMILES string of the molecule is CS(=O)(=O)c1ccc(CNC(=O)C2=CC=CNC2)cc1.Cc1c(I)cc(C(=O)NCc2ccc(S(C)(=O)=O)cc2)c(=O)n1-c1cccc(C(F)(F)F)c1. The van der Waals surface area contributed by atoms with Crippen LogP contribution in [0.25, 0.3) is 5.69 Å². The van der Waals surface area contributed by atoms with Gasteiger partial charge >= 0.3 is 6.18 Å². The monoisotopic (exact) mass is 882 g/mol. The van der Waals surface area contributed by atoms with Gasteiger partial charge in [0.1, 0.15) is 5.56 Å². The van der Waals surface area contributed by atoms with Crippen molar-refractivity contribution in [3.8, 4) is 5.69 Å². The summed E-state index contributed by atoms with van der Waals surface area (Å²) in [5, 5.41) is 8.35. The van der Waals surface area contributed by atoms with Gasteiger partial charge in [-0.2, -0.15) is 13.2 Å². The van der Waals surface area contributed by atoms with Crippen molar-refractivity contribution in [2.24, 2.45) is 0 Å². The maximum absolute atomic E-state index is 13.1. The van der Waals surface area contributed by atoms with Gasteiger partial charge in [0.15, 0.2) is 19.7 Å². The zero-order valence-electron chi connectivity index (χ0n) is 28.5. The average molecular weight is 883 g/mol. The van der Waals surface area contributed by atoms with E-state index < -0.39 is 42.9 Å². The molecule has 11 nitrogen and oxygen atoms in total. The predicted molar refractivity (Wildman–Crippen MR) is 202 cm³/mol. The van der Waals surface area contributed by atoms with Crippen molar-refractivity contribution in [2.45, 2.75) is 36.0 Å². The van der Waals surface area contributed by atoms with E-state index in [9.17, 15) is 44.4 Å². The Bertz CT molecular complexity index is 2360. The van der Waals surface area contributed by atoms with E-state index in [0.717, 1.165) is 28.5 Å². The van der Waals surface area contributed by atoms with Crippen molar-refractivity contribution in [3.63, 3.8) is 0 Å². The molecule has 17 heteroatoms. The Morgan fingerprint density at radius 2 is 1.36 bits per heavy atom. The van der Waals surface area contributed by atoms with Crippen LogP contribution in [0.4, 0.5) is 13.2 Å².